The summed E-state index contributed by atoms with van der Waals surface area (Å²) < 4.78 is 0. The lowest BCUT2D eigenvalue weighted by atomic mass is 9.83. The fourth-order valence-corrected chi connectivity index (χ4v) is 2.64. The first-order valence-corrected chi connectivity index (χ1v) is 7.07. The summed E-state index contributed by atoms with van der Waals surface area (Å²) in [7, 11) is 0. The van der Waals surface area contributed by atoms with Crippen molar-refractivity contribution in [3.05, 3.63) is 35.4 Å². The van der Waals surface area contributed by atoms with E-state index in [-0.39, 0.29) is 23.7 Å². The van der Waals surface area contributed by atoms with Crippen molar-refractivity contribution >= 4 is 17.7 Å². The number of Topliss-reactive ketones (excluding diaryl/α,β-unsaturated/α-hetero) is 1. The second kappa shape index (κ2) is 6.85. The largest absolute Gasteiger partial charge is 0.480 e. The van der Waals surface area contributed by atoms with E-state index in [0.717, 1.165) is 0 Å². The maximum Gasteiger partial charge on any atom is 0.326 e. The average molecular weight is 300 g/mol. The number of ketones is 1. The highest BCUT2D eigenvalue weighted by molar-refractivity contribution is 5.97. The van der Waals surface area contributed by atoms with Gasteiger partial charge in [0.2, 0.25) is 0 Å². The quantitative estimate of drug-likeness (QED) is 0.876. The highest BCUT2D eigenvalue weighted by Crippen LogP contribution is 2.24. The maximum atomic E-state index is 12.1. The molecule has 0 saturated heterocycles. The standard InChI is InChI=1S/C16H16N2O4/c17-9-10-4-6-11(7-5-10)15(20)18-14(16(21)22)12-2-1-3-13(19)8-12/h4-7,12,14H,1-3,8H2,(H,18,20)(H,21,22)/t12-,14+/m1/s1. The van der Waals surface area contributed by atoms with Gasteiger partial charge in [-0.25, -0.2) is 4.79 Å². The second-order valence-corrected chi connectivity index (χ2v) is 5.37. The van der Waals surface area contributed by atoms with Crippen LogP contribution in [0.25, 0.3) is 0 Å². The number of hydrogen-bond donors (Lipinski definition) is 2. The summed E-state index contributed by atoms with van der Waals surface area (Å²) in [4.78, 5) is 35.0. The first-order chi connectivity index (χ1) is 10.5. The zero-order valence-corrected chi connectivity index (χ0v) is 11.9. The van der Waals surface area contributed by atoms with Gasteiger partial charge < -0.3 is 10.4 Å². The summed E-state index contributed by atoms with van der Waals surface area (Å²) in [5.41, 5.74) is 0.705. The van der Waals surface area contributed by atoms with Crippen LogP contribution in [0.15, 0.2) is 24.3 Å². The van der Waals surface area contributed by atoms with E-state index < -0.39 is 17.9 Å². The Kier molecular flexibility index (Phi) is 4.89. The van der Waals surface area contributed by atoms with Gasteiger partial charge in [0.05, 0.1) is 11.6 Å². The molecule has 1 aromatic carbocycles. The fourth-order valence-electron chi connectivity index (χ4n) is 2.64. The Morgan fingerprint density at radius 2 is 2.00 bits per heavy atom. The van der Waals surface area contributed by atoms with Gasteiger partial charge in [0.25, 0.3) is 5.91 Å². The molecule has 6 nitrogen and oxygen atoms in total. The molecule has 0 spiro atoms. The first kappa shape index (κ1) is 15.7. The van der Waals surface area contributed by atoms with Gasteiger partial charge in [-0.2, -0.15) is 5.26 Å². The van der Waals surface area contributed by atoms with E-state index in [9.17, 15) is 19.5 Å². The van der Waals surface area contributed by atoms with Crippen LogP contribution in [-0.4, -0.2) is 28.8 Å². The number of carboxylic acid groups (broad SMARTS) is 1. The maximum absolute atomic E-state index is 12.1. The van der Waals surface area contributed by atoms with E-state index in [1.54, 1.807) is 0 Å². The van der Waals surface area contributed by atoms with Crippen LogP contribution in [0.1, 0.15) is 41.6 Å². The lowest BCUT2D eigenvalue weighted by Gasteiger charge is -2.27. The molecule has 1 fully saturated rings. The van der Waals surface area contributed by atoms with Crippen molar-refractivity contribution in [1.82, 2.24) is 5.32 Å². The van der Waals surface area contributed by atoms with E-state index in [1.807, 2.05) is 6.07 Å². The van der Waals surface area contributed by atoms with Crippen LogP contribution in [0.2, 0.25) is 0 Å². The Balaban J connectivity index is 2.09. The van der Waals surface area contributed by atoms with Crippen LogP contribution in [0.5, 0.6) is 0 Å². The summed E-state index contributed by atoms with van der Waals surface area (Å²) in [6.07, 6.45) is 1.92. The molecule has 0 unspecified atom stereocenters. The van der Waals surface area contributed by atoms with Crippen molar-refractivity contribution in [3.8, 4) is 6.07 Å². The molecule has 2 N–H and O–H groups in total. The van der Waals surface area contributed by atoms with E-state index in [0.29, 0.717) is 24.8 Å². The van der Waals surface area contributed by atoms with Gasteiger partial charge >= 0.3 is 5.97 Å². The van der Waals surface area contributed by atoms with Crippen LogP contribution in [0.3, 0.4) is 0 Å². The summed E-state index contributed by atoms with van der Waals surface area (Å²) >= 11 is 0. The second-order valence-electron chi connectivity index (χ2n) is 5.37. The number of nitrogens with zero attached hydrogens (tertiary/aromatic N) is 1. The van der Waals surface area contributed by atoms with Crippen LogP contribution in [0.4, 0.5) is 0 Å². The van der Waals surface area contributed by atoms with Gasteiger partial charge in [-0.3, -0.25) is 9.59 Å². The first-order valence-electron chi connectivity index (χ1n) is 7.07. The molecule has 2 rings (SSSR count). The summed E-state index contributed by atoms with van der Waals surface area (Å²) in [5, 5.41) is 20.5. The van der Waals surface area contributed by atoms with Crippen molar-refractivity contribution < 1.29 is 19.5 Å². The summed E-state index contributed by atoms with van der Waals surface area (Å²) in [6, 6.07) is 6.80. The smallest absolute Gasteiger partial charge is 0.326 e. The van der Waals surface area contributed by atoms with E-state index in [4.69, 9.17) is 5.26 Å². The zero-order valence-electron chi connectivity index (χ0n) is 11.9. The summed E-state index contributed by atoms with van der Waals surface area (Å²) in [6.45, 7) is 0. The fraction of sp³-hybridized carbons (Fsp3) is 0.375. The molecule has 1 aliphatic rings. The molecule has 114 valence electrons. The highest BCUT2D eigenvalue weighted by atomic mass is 16.4. The third kappa shape index (κ3) is 3.70. The number of rotatable bonds is 4. The lowest BCUT2D eigenvalue weighted by Crippen LogP contribution is -2.47. The molecule has 22 heavy (non-hydrogen) atoms. The van der Waals surface area contributed by atoms with E-state index >= 15 is 0 Å². The minimum Gasteiger partial charge on any atom is -0.480 e. The predicted octanol–water partition coefficient (Wildman–Crippen LogP) is 1.50. The molecular weight excluding hydrogens is 284 g/mol. The molecular formula is C16H16N2O4. The monoisotopic (exact) mass is 300 g/mol. The van der Waals surface area contributed by atoms with Gasteiger partial charge in [-0.1, -0.05) is 0 Å². The Hall–Kier alpha value is -2.68. The number of carboxylic acids is 1. The molecule has 0 aliphatic heterocycles. The van der Waals surface area contributed by atoms with E-state index in [1.165, 1.54) is 24.3 Å². The number of nitrogens with one attached hydrogen (secondary N) is 1. The SMILES string of the molecule is N#Cc1ccc(C(=O)N[C@H](C(=O)O)[C@@H]2CCCC(=O)C2)cc1. The van der Waals surface area contributed by atoms with Crippen LogP contribution in [0, 0.1) is 17.2 Å². The van der Waals surface area contributed by atoms with Crippen molar-refractivity contribution in [2.75, 3.05) is 0 Å². The van der Waals surface area contributed by atoms with Crippen molar-refractivity contribution in [2.45, 2.75) is 31.7 Å². The van der Waals surface area contributed by atoms with Gasteiger partial charge in [-0.05, 0) is 43.0 Å². The number of benzene rings is 1. The van der Waals surface area contributed by atoms with Gasteiger partial charge in [0.15, 0.2) is 0 Å². The average Bonchev–Trinajstić information content (AvgIpc) is 2.52. The van der Waals surface area contributed by atoms with Gasteiger partial charge in [0, 0.05) is 18.4 Å². The normalized spacial score (nSPS) is 19.0. The Morgan fingerprint density at radius 3 is 2.55 bits per heavy atom. The van der Waals surface area contributed by atoms with Crippen molar-refractivity contribution in [2.24, 2.45) is 5.92 Å². The molecule has 2 atom stereocenters. The number of carbonyl (C=O) groups excluding carboxylic acids is 2. The van der Waals surface area contributed by atoms with Crippen LogP contribution in [-0.2, 0) is 9.59 Å². The molecule has 1 saturated carbocycles. The Morgan fingerprint density at radius 1 is 1.32 bits per heavy atom. The van der Waals surface area contributed by atoms with Gasteiger partial charge in [0.1, 0.15) is 11.8 Å². The Bertz CT molecular complexity index is 631. The zero-order chi connectivity index (χ0) is 16.1. The third-order valence-corrected chi connectivity index (χ3v) is 3.82. The lowest BCUT2D eigenvalue weighted by molar-refractivity contribution is -0.141. The van der Waals surface area contributed by atoms with Crippen LogP contribution < -0.4 is 5.32 Å². The molecule has 6 heteroatoms. The summed E-state index contributed by atoms with van der Waals surface area (Å²) in [5.74, 6) is -1.99. The number of carbonyl (C=O) groups is 3. The molecule has 0 heterocycles. The number of amides is 1. The molecule has 1 aliphatic carbocycles. The topological polar surface area (TPSA) is 107 Å². The molecule has 1 aromatic rings. The molecule has 0 bridgehead atoms. The van der Waals surface area contributed by atoms with Crippen LogP contribution >= 0.6 is 0 Å². The van der Waals surface area contributed by atoms with Crippen molar-refractivity contribution in [3.63, 3.8) is 0 Å². The third-order valence-electron chi connectivity index (χ3n) is 3.82. The predicted molar refractivity (Wildman–Crippen MR) is 77.0 cm³/mol. The van der Waals surface area contributed by atoms with Crippen molar-refractivity contribution in [1.29, 1.82) is 5.26 Å². The molecule has 1 amide bonds. The van der Waals surface area contributed by atoms with E-state index in [2.05, 4.69) is 5.32 Å². The number of nitriles is 1. The van der Waals surface area contributed by atoms with Gasteiger partial charge in [-0.15, -0.1) is 0 Å². The highest BCUT2D eigenvalue weighted by Gasteiger charge is 2.33. The Labute approximate surface area is 127 Å². The number of aliphatic carboxylic acids is 1. The molecule has 0 aromatic heterocycles. The minimum atomic E-state index is -1.14. The molecule has 0 radical (unpaired) electrons. The number of hydrogen-bond acceptors (Lipinski definition) is 4. The minimum absolute atomic E-state index is 0.0372.